The van der Waals surface area contributed by atoms with Crippen LogP contribution < -0.4 is 9.64 Å². The number of anilines is 1. The molecule has 2 aromatic rings. The Bertz CT molecular complexity index is 818. The van der Waals surface area contributed by atoms with E-state index in [4.69, 9.17) is 4.74 Å². The fourth-order valence-electron chi connectivity index (χ4n) is 2.94. The smallest absolute Gasteiger partial charge is 0.188 e. The molecule has 158 valence electrons. The number of halogens is 1. The Morgan fingerprint density at radius 2 is 2.00 bits per heavy atom. The molecule has 29 heavy (non-hydrogen) atoms. The van der Waals surface area contributed by atoms with Crippen molar-refractivity contribution in [1.82, 2.24) is 14.9 Å². The molecular formula is C22H31FN4O2. The van der Waals surface area contributed by atoms with E-state index in [1.807, 2.05) is 0 Å². The molecule has 0 aliphatic carbocycles. The Kier molecular flexibility index (Phi) is 7.67. The number of carbonyl (C=O) groups is 1. The SMILES string of the molecule is CC1(C)CN(c2ncncc2Oc2ccc(F)cc2C=O)C1.CCN(C)C(C)C. The summed E-state index contributed by atoms with van der Waals surface area (Å²) in [5, 5.41) is 0. The van der Waals surface area contributed by atoms with Gasteiger partial charge in [-0.05, 0) is 51.1 Å². The Labute approximate surface area is 172 Å². The molecule has 2 heterocycles. The minimum atomic E-state index is -0.483. The Balaban J connectivity index is 0.000000370. The number of hydrogen-bond donors (Lipinski definition) is 0. The second kappa shape index (κ2) is 9.78. The molecule has 1 fully saturated rings. The van der Waals surface area contributed by atoms with Gasteiger partial charge in [-0.2, -0.15) is 0 Å². The lowest BCUT2D eigenvalue weighted by atomic mass is 9.84. The predicted molar refractivity (Wildman–Crippen MR) is 113 cm³/mol. The van der Waals surface area contributed by atoms with Gasteiger partial charge in [0.1, 0.15) is 17.9 Å². The summed E-state index contributed by atoms with van der Waals surface area (Å²) in [7, 11) is 2.13. The summed E-state index contributed by atoms with van der Waals surface area (Å²) in [6.45, 7) is 13.8. The maximum atomic E-state index is 13.2. The van der Waals surface area contributed by atoms with Crippen LogP contribution in [0.3, 0.4) is 0 Å². The molecule has 7 heteroatoms. The normalized spacial score (nSPS) is 14.9. The van der Waals surface area contributed by atoms with E-state index in [1.165, 1.54) is 18.5 Å². The van der Waals surface area contributed by atoms with E-state index >= 15 is 0 Å². The van der Waals surface area contributed by atoms with Gasteiger partial charge in [0.15, 0.2) is 17.9 Å². The molecule has 0 atom stereocenters. The third kappa shape index (κ3) is 6.22. The second-order valence-electron chi connectivity index (χ2n) is 8.30. The Morgan fingerprint density at radius 3 is 2.52 bits per heavy atom. The van der Waals surface area contributed by atoms with Crippen molar-refractivity contribution < 1.29 is 13.9 Å². The topological polar surface area (TPSA) is 58.6 Å². The van der Waals surface area contributed by atoms with Crippen molar-refractivity contribution in [3.05, 3.63) is 42.1 Å². The summed E-state index contributed by atoms with van der Waals surface area (Å²) in [5.74, 6) is 0.930. The van der Waals surface area contributed by atoms with Crippen molar-refractivity contribution in [2.24, 2.45) is 5.41 Å². The number of nitrogens with zero attached hydrogens (tertiary/aromatic N) is 4. The lowest BCUT2D eigenvalue weighted by Crippen LogP contribution is -2.53. The maximum absolute atomic E-state index is 13.2. The number of aldehydes is 1. The highest BCUT2D eigenvalue weighted by molar-refractivity contribution is 5.79. The molecule has 6 nitrogen and oxygen atoms in total. The monoisotopic (exact) mass is 402 g/mol. The van der Waals surface area contributed by atoms with Crippen LogP contribution in [-0.2, 0) is 0 Å². The molecule has 1 saturated heterocycles. The van der Waals surface area contributed by atoms with Crippen molar-refractivity contribution >= 4 is 12.1 Å². The first kappa shape index (κ1) is 22.7. The molecule has 1 aromatic carbocycles. The van der Waals surface area contributed by atoms with Crippen LogP contribution in [0.4, 0.5) is 10.2 Å². The first-order valence-electron chi connectivity index (χ1n) is 9.84. The van der Waals surface area contributed by atoms with Crippen molar-refractivity contribution in [3.63, 3.8) is 0 Å². The highest BCUT2D eigenvalue weighted by atomic mass is 19.1. The van der Waals surface area contributed by atoms with Crippen LogP contribution in [0.1, 0.15) is 45.0 Å². The average molecular weight is 403 g/mol. The first-order valence-corrected chi connectivity index (χ1v) is 9.84. The van der Waals surface area contributed by atoms with Gasteiger partial charge in [0.2, 0.25) is 0 Å². The van der Waals surface area contributed by atoms with Crippen LogP contribution in [0.5, 0.6) is 11.5 Å². The molecule has 0 amide bonds. The van der Waals surface area contributed by atoms with Gasteiger partial charge < -0.3 is 14.5 Å². The Morgan fingerprint density at radius 1 is 1.31 bits per heavy atom. The molecule has 0 saturated carbocycles. The van der Waals surface area contributed by atoms with E-state index in [0.29, 0.717) is 23.9 Å². The highest BCUT2D eigenvalue weighted by Crippen LogP contribution is 2.38. The fraction of sp³-hybridized carbons (Fsp3) is 0.500. The third-order valence-electron chi connectivity index (χ3n) is 4.90. The number of aromatic nitrogens is 2. The van der Waals surface area contributed by atoms with Crippen LogP contribution in [-0.4, -0.2) is 53.9 Å². The molecule has 0 bridgehead atoms. The van der Waals surface area contributed by atoms with Gasteiger partial charge in [0.05, 0.1) is 11.8 Å². The van der Waals surface area contributed by atoms with Crippen LogP contribution in [0.25, 0.3) is 0 Å². The molecule has 1 aromatic heterocycles. The summed E-state index contributed by atoms with van der Waals surface area (Å²) < 4.78 is 18.9. The molecule has 0 N–H and O–H groups in total. The van der Waals surface area contributed by atoms with Gasteiger partial charge in [0, 0.05) is 19.1 Å². The van der Waals surface area contributed by atoms with Crippen LogP contribution in [0, 0.1) is 11.2 Å². The molecule has 0 radical (unpaired) electrons. The van der Waals surface area contributed by atoms with Gasteiger partial charge in [0.25, 0.3) is 0 Å². The quantitative estimate of drug-likeness (QED) is 0.667. The summed E-state index contributed by atoms with van der Waals surface area (Å²) in [6, 6.07) is 4.51. The van der Waals surface area contributed by atoms with E-state index in [-0.39, 0.29) is 16.7 Å². The van der Waals surface area contributed by atoms with E-state index in [0.717, 1.165) is 25.7 Å². The molecular weight excluding hydrogens is 371 g/mol. The number of rotatable bonds is 6. The van der Waals surface area contributed by atoms with E-state index in [9.17, 15) is 9.18 Å². The predicted octanol–water partition coefficient (Wildman–Crippen LogP) is 4.41. The lowest BCUT2D eigenvalue weighted by molar-refractivity contribution is 0.112. The van der Waals surface area contributed by atoms with Gasteiger partial charge in [-0.3, -0.25) is 4.79 Å². The van der Waals surface area contributed by atoms with Crippen molar-refractivity contribution in [2.75, 3.05) is 31.6 Å². The highest BCUT2D eigenvalue weighted by Gasteiger charge is 2.36. The largest absolute Gasteiger partial charge is 0.451 e. The number of benzene rings is 1. The van der Waals surface area contributed by atoms with Gasteiger partial charge >= 0.3 is 0 Å². The Hall–Kier alpha value is -2.54. The number of carbonyl (C=O) groups excluding carboxylic acids is 1. The summed E-state index contributed by atoms with van der Waals surface area (Å²) in [6.07, 6.45) is 3.57. The fourth-order valence-corrected chi connectivity index (χ4v) is 2.94. The molecule has 3 rings (SSSR count). The van der Waals surface area contributed by atoms with Gasteiger partial charge in [-0.15, -0.1) is 0 Å². The van der Waals surface area contributed by atoms with Gasteiger partial charge in [-0.25, -0.2) is 14.4 Å². The standard InChI is InChI=1S/C16H16FN3O2.C6H15N/c1-16(2)8-20(9-16)15-14(6-18-10-19-15)22-13-4-3-12(17)5-11(13)7-21;1-5-7(4)6(2)3/h3-7,10H,8-9H2,1-2H3;6H,5H2,1-4H3. The first-order chi connectivity index (χ1) is 13.7. The van der Waals surface area contributed by atoms with E-state index in [2.05, 4.69) is 61.4 Å². The summed E-state index contributed by atoms with van der Waals surface area (Å²) in [5.41, 5.74) is 0.394. The van der Waals surface area contributed by atoms with Crippen molar-refractivity contribution in [1.29, 1.82) is 0 Å². The van der Waals surface area contributed by atoms with Crippen molar-refractivity contribution in [2.45, 2.75) is 40.7 Å². The molecule has 1 aliphatic heterocycles. The zero-order valence-corrected chi connectivity index (χ0v) is 18.1. The summed E-state index contributed by atoms with van der Waals surface area (Å²) >= 11 is 0. The third-order valence-corrected chi connectivity index (χ3v) is 4.90. The van der Waals surface area contributed by atoms with Crippen LogP contribution in [0.2, 0.25) is 0 Å². The average Bonchev–Trinajstić information content (AvgIpc) is 2.67. The lowest BCUT2D eigenvalue weighted by Gasteiger charge is -2.46. The maximum Gasteiger partial charge on any atom is 0.188 e. The van der Waals surface area contributed by atoms with E-state index in [1.54, 1.807) is 6.20 Å². The summed E-state index contributed by atoms with van der Waals surface area (Å²) in [4.78, 5) is 23.7. The van der Waals surface area contributed by atoms with Gasteiger partial charge in [-0.1, -0.05) is 20.8 Å². The van der Waals surface area contributed by atoms with Crippen LogP contribution >= 0.6 is 0 Å². The second-order valence-corrected chi connectivity index (χ2v) is 8.30. The van der Waals surface area contributed by atoms with E-state index < -0.39 is 5.82 Å². The van der Waals surface area contributed by atoms with Crippen molar-refractivity contribution in [3.8, 4) is 11.5 Å². The molecule has 0 spiro atoms. The van der Waals surface area contributed by atoms with Crippen LogP contribution in [0.15, 0.2) is 30.7 Å². The molecule has 0 unspecified atom stereocenters. The minimum Gasteiger partial charge on any atom is -0.451 e. The zero-order chi connectivity index (χ0) is 21.6. The number of ether oxygens (including phenoxy) is 1. The zero-order valence-electron chi connectivity index (χ0n) is 18.1. The minimum absolute atomic E-state index is 0.152. The molecule has 1 aliphatic rings. The number of hydrogen-bond acceptors (Lipinski definition) is 6.